The predicted octanol–water partition coefficient (Wildman–Crippen LogP) is 6.55. The van der Waals surface area contributed by atoms with Gasteiger partial charge in [0.2, 0.25) is 5.88 Å². The number of rotatable bonds is 7. The Morgan fingerprint density at radius 1 is 0.974 bits per heavy atom. The highest BCUT2D eigenvalue weighted by Gasteiger charge is 2.22. The predicted molar refractivity (Wildman–Crippen MR) is 153 cm³/mol. The number of nitrogens with one attached hydrogen (secondary N) is 1. The van der Waals surface area contributed by atoms with E-state index in [9.17, 15) is 4.79 Å². The molecule has 0 aliphatic heterocycles. The summed E-state index contributed by atoms with van der Waals surface area (Å²) in [5, 5.41) is 7.07. The third-order valence-corrected chi connectivity index (χ3v) is 7.72. The molecule has 0 unspecified atom stereocenters. The molecule has 1 saturated carbocycles. The molecule has 194 valence electrons. The smallest absolute Gasteiger partial charge is 0.251 e. The second kappa shape index (κ2) is 8.98. The van der Waals surface area contributed by atoms with Crippen molar-refractivity contribution in [1.29, 1.82) is 0 Å². The molecule has 0 atom stereocenters. The first-order chi connectivity index (χ1) is 18.9. The standard InChI is InChI=1S/C32H28N4O3/c1-17-11-28(33)36-18(2)27(17)15-35-32(37)21-6-9-24-26(13-21)31-23-8-5-20(12-25(23)30(24)39-31)22-7-10-29(34-14-22)38-16-19-3-4-19/h5-14,19H,3-4,15-16H2,1-2H3,(H2,33,36)(H,35,37). The van der Waals surface area contributed by atoms with Crippen molar-refractivity contribution in [1.82, 2.24) is 15.3 Å². The Bertz CT molecular complexity index is 1850. The Morgan fingerprint density at radius 2 is 1.72 bits per heavy atom. The van der Waals surface area contributed by atoms with Crippen molar-refractivity contribution in [3.8, 4) is 17.0 Å². The maximum absolute atomic E-state index is 13.0. The number of anilines is 1. The molecule has 0 saturated heterocycles. The number of benzene rings is 3. The van der Waals surface area contributed by atoms with Gasteiger partial charge in [-0.3, -0.25) is 4.79 Å². The fourth-order valence-corrected chi connectivity index (χ4v) is 5.34. The largest absolute Gasteiger partial charge is 0.477 e. The first-order valence-electron chi connectivity index (χ1n) is 13.3. The molecule has 6 aromatic rings. The van der Waals surface area contributed by atoms with E-state index in [0.717, 1.165) is 67.3 Å². The van der Waals surface area contributed by atoms with E-state index in [2.05, 4.69) is 33.5 Å². The zero-order valence-electron chi connectivity index (χ0n) is 21.9. The van der Waals surface area contributed by atoms with E-state index in [-0.39, 0.29) is 5.91 Å². The van der Waals surface area contributed by atoms with Crippen LogP contribution in [0.3, 0.4) is 0 Å². The average molecular weight is 517 g/mol. The lowest BCUT2D eigenvalue weighted by atomic mass is 9.98. The van der Waals surface area contributed by atoms with Gasteiger partial charge in [-0.25, -0.2) is 9.97 Å². The number of furan rings is 2. The number of ether oxygens (including phenoxy) is 1. The number of hydrogen-bond donors (Lipinski definition) is 2. The fraction of sp³-hybridized carbons (Fsp3) is 0.219. The van der Waals surface area contributed by atoms with Crippen molar-refractivity contribution >= 4 is 44.4 Å². The van der Waals surface area contributed by atoms with E-state index in [1.54, 1.807) is 0 Å². The Hall–Kier alpha value is -4.65. The summed E-state index contributed by atoms with van der Waals surface area (Å²) >= 11 is 0. The lowest BCUT2D eigenvalue weighted by Gasteiger charge is -2.11. The van der Waals surface area contributed by atoms with Crippen LogP contribution in [0, 0.1) is 19.8 Å². The van der Waals surface area contributed by atoms with Crippen molar-refractivity contribution < 1.29 is 13.9 Å². The van der Waals surface area contributed by atoms with Crippen LogP contribution >= 0.6 is 0 Å². The van der Waals surface area contributed by atoms with Crippen molar-refractivity contribution in [3.05, 3.63) is 83.2 Å². The van der Waals surface area contributed by atoms with E-state index >= 15 is 0 Å². The van der Waals surface area contributed by atoms with Crippen LogP contribution in [-0.2, 0) is 6.54 Å². The molecule has 1 amide bonds. The molecule has 39 heavy (non-hydrogen) atoms. The minimum Gasteiger partial charge on any atom is -0.477 e. The van der Waals surface area contributed by atoms with Crippen LogP contribution in [0.1, 0.15) is 40.0 Å². The van der Waals surface area contributed by atoms with Crippen LogP contribution in [0.4, 0.5) is 5.82 Å². The number of aryl methyl sites for hydroxylation is 2. The summed E-state index contributed by atoms with van der Waals surface area (Å²) in [5.74, 6) is 1.71. The van der Waals surface area contributed by atoms with Crippen molar-refractivity contribution in [2.45, 2.75) is 33.2 Å². The molecule has 2 bridgehead atoms. The second-order valence-electron chi connectivity index (χ2n) is 10.5. The zero-order chi connectivity index (χ0) is 26.7. The molecule has 4 heterocycles. The van der Waals surface area contributed by atoms with Crippen molar-refractivity contribution in [3.63, 3.8) is 0 Å². The van der Waals surface area contributed by atoms with E-state index < -0.39 is 0 Å². The van der Waals surface area contributed by atoms with Gasteiger partial charge in [0, 0.05) is 57.2 Å². The number of fused-ring (bicyclic) bond motifs is 8. The third kappa shape index (κ3) is 4.20. The molecule has 1 aliphatic carbocycles. The van der Waals surface area contributed by atoms with Gasteiger partial charge in [0.15, 0.2) is 0 Å². The Morgan fingerprint density at radius 3 is 2.44 bits per heavy atom. The molecular weight excluding hydrogens is 488 g/mol. The lowest BCUT2D eigenvalue weighted by molar-refractivity contribution is 0.0951. The first kappa shape index (κ1) is 23.5. The van der Waals surface area contributed by atoms with E-state index in [1.807, 2.05) is 56.4 Å². The summed E-state index contributed by atoms with van der Waals surface area (Å²) in [4.78, 5) is 21.8. The molecule has 7 nitrogen and oxygen atoms in total. The number of hydrogen-bond acceptors (Lipinski definition) is 6. The number of amides is 1. The van der Waals surface area contributed by atoms with Crippen LogP contribution in [0.25, 0.3) is 43.8 Å². The molecule has 7 heteroatoms. The molecule has 0 radical (unpaired) electrons. The number of nitrogens with zero attached hydrogens (tertiary/aromatic N) is 2. The van der Waals surface area contributed by atoms with Gasteiger partial charge in [-0.2, -0.15) is 0 Å². The average Bonchev–Trinajstić information content (AvgIpc) is 3.60. The topological polar surface area (TPSA) is 103 Å². The summed E-state index contributed by atoms with van der Waals surface area (Å²) in [6.45, 7) is 5.02. The minimum absolute atomic E-state index is 0.144. The number of carbonyl (C=O) groups excluding carboxylic acids is 1. The Balaban J connectivity index is 1.14. The van der Waals surface area contributed by atoms with E-state index in [1.165, 1.54) is 12.8 Å². The van der Waals surface area contributed by atoms with Gasteiger partial charge in [-0.15, -0.1) is 0 Å². The minimum atomic E-state index is -0.144. The Labute approximate surface area is 225 Å². The number of pyridine rings is 2. The summed E-state index contributed by atoms with van der Waals surface area (Å²) < 4.78 is 12.0. The maximum Gasteiger partial charge on any atom is 0.251 e. The summed E-state index contributed by atoms with van der Waals surface area (Å²) in [6, 6.07) is 17.8. The van der Waals surface area contributed by atoms with Gasteiger partial charge in [0.05, 0.1) is 6.61 Å². The molecule has 1 aliphatic rings. The third-order valence-electron chi connectivity index (χ3n) is 7.72. The molecule has 0 spiro atoms. The quantitative estimate of drug-likeness (QED) is 0.233. The number of nitrogen functional groups attached to an aromatic ring is 1. The molecule has 4 aromatic heterocycles. The lowest BCUT2D eigenvalue weighted by Crippen LogP contribution is -2.24. The number of nitrogens with two attached hydrogens (primary N) is 1. The fourth-order valence-electron chi connectivity index (χ4n) is 5.34. The van der Waals surface area contributed by atoms with Gasteiger partial charge >= 0.3 is 0 Å². The van der Waals surface area contributed by atoms with Crippen molar-refractivity contribution in [2.75, 3.05) is 12.3 Å². The monoisotopic (exact) mass is 516 g/mol. The molecule has 1 fully saturated rings. The van der Waals surface area contributed by atoms with Gasteiger partial charge in [-0.05, 0) is 91.8 Å². The molecule has 7 rings (SSSR count). The first-order valence-corrected chi connectivity index (χ1v) is 13.3. The Kier molecular flexibility index (Phi) is 5.40. The van der Waals surface area contributed by atoms with Crippen molar-refractivity contribution in [2.24, 2.45) is 5.92 Å². The van der Waals surface area contributed by atoms with E-state index in [4.69, 9.17) is 14.9 Å². The normalized spacial score (nSPS) is 13.5. The second-order valence-corrected chi connectivity index (χ2v) is 10.5. The van der Waals surface area contributed by atoms with E-state index in [0.29, 0.717) is 29.7 Å². The maximum atomic E-state index is 13.0. The van der Waals surface area contributed by atoms with Crippen LogP contribution in [0.5, 0.6) is 5.88 Å². The van der Waals surface area contributed by atoms with Crippen LogP contribution in [-0.4, -0.2) is 22.5 Å². The van der Waals surface area contributed by atoms with Gasteiger partial charge in [-0.1, -0.05) is 6.07 Å². The summed E-state index contributed by atoms with van der Waals surface area (Å²) in [7, 11) is 0. The number of carbonyl (C=O) groups is 1. The van der Waals surface area contributed by atoms with Gasteiger partial charge < -0.3 is 20.2 Å². The zero-order valence-corrected chi connectivity index (χ0v) is 21.9. The molecule has 2 aromatic carbocycles. The molecule has 3 N–H and O–H groups in total. The highest BCUT2D eigenvalue weighted by molar-refractivity contribution is 6.26. The highest BCUT2D eigenvalue weighted by Crippen LogP contribution is 2.42. The van der Waals surface area contributed by atoms with Crippen LogP contribution in [0.15, 0.2) is 65.2 Å². The molecular formula is C32H28N4O3. The summed E-state index contributed by atoms with van der Waals surface area (Å²) in [6.07, 6.45) is 4.37. The highest BCUT2D eigenvalue weighted by atomic mass is 16.5. The summed E-state index contributed by atoms with van der Waals surface area (Å²) in [5.41, 5.74) is 13.0. The van der Waals surface area contributed by atoms with Gasteiger partial charge in [0.25, 0.3) is 5.91 Å². The number of aromatic nitrogens is 2. The van der Waals surface area contributed by atoms with Crippen LogP contribution in [0.2, 0.25) is 0 Å². The SMILES string of the molecule is Cc1cc(N)nc(C)c1CNC(=O)c1ccc2c(c1)c1oc2c2cc(-c3ccc(OCC4CC4)nc3)ccc21. The van der Waals surface area contributed by atoms with Gasteiger partial charge in [0.1, 0.15) is 17.0 Å². The van der Waals surface area contributed by atoms with Crippen LogP contribution < -0.4 is 15.8 Å².